The SMILES string of the molecule is C#CCN(C1CCS(=O)(=O)C1)S(=O)(=O)c1ccccc1. The van der Waals surface area contributed by atoms with E-state index in [2.05, 4.69) is 5.92 Å². The monoisotopic (exact) mass is 313 g/mol. The van der Waals surface area contributed by atoms with Crippen LogP contribution in [0.1, 0.15) is 6.42 Å². The molecule has 1 saturated heterocycles. The Balaban J connectivity index is 2.37. The number of nitrogens with zero attached hydrogens (tertiary/aromatic N) is 1. The lowest BCUT2D eigenvalue weighted by molar-refractivity contribution is 0.371. The lowest BCUT2D eigenvalue weighted by atomic mass is 10.3. The number of hydrogen-bond acceptors (Lipinski definition) is 4. The summed E-state index contributed by atoms with van der Waals surface area (Å²) in [6, 6.07) is 7.31. The Bertz CT molecular complexity index is 717. The third kappa shape index (κ3) is 3.03. The first-order chi connectivity index (χ1) is 9.37. The second kappa shape index (κ2) is 5.56. The fourth-order valence-electron chi connectivity index (χ4n) is 2.23. The van der Waals surface area contributed by atoms with Gasteiger partial charge < -0.3 is 0 Å². The van der Waals surface area contributed by atoms with E-state index in [4.69, 9.17) is 6.42 Å². The highest BCUT2D eigenvalue weighted by Gasteiger charge is 2.38. The number of rotatable bonds is 4. The molecule has 0 aromatic heterocycles. The molecule has 0 saturated carbocycles. The molecule has 0 N–H and O–H groups in total. The van der Waals surface area contributed by atoms with Crippen LogP contribution in [0.4, 0.5) is 0 Å². The first-order valence-corrected chi connectivity index (χ1v) is 9.34. The molecule has 108 valence electrons. The van der Waals surface area contributed by atoms with E-state index in [0.29, 0.717) is 0 Å². The molecule has 1 aliphatic heterocycles. The molecule has 20 heavy (non-hydrogen) atoms. The summed E-state index contributed by atoms with van der Waals surface area (Å²) in [6.45, 7) is -0.128. The predicted molar refractivity (Wildman–Crippen MR) is 76.2 cm³/mol. The van der Waals surface area contributed by atoms with Crippen molar-refractivity contribution in [2.45, 2.75) is 17.4 Å². The summed E-state index contributed by atoms with van der Waals surface area (Å²) in [5, 5.41) is 0. The van der Waals surface area contributed by atoms with Gasteiger partial charge in [0.2, 0.25) is 10.0 Å². The summed E-state index contributed by atoms with van der Waals surface area (Å²) in [4.78, 5) is 0.125. The Labute approximate surface area is 119 Å². The molecule has 0 spiro atoms. The Kier molecular flexibility index (Phi) is 4.18. The van der Waals surface area contributed by atoms with E-state index < -0.39 is 25.9 Å². The van der Waals surface area contributed by atoms with Gasteiger partial charge in [-0.1, -0.05) is 24.1 Å². The third-order valence-corrected chi connectivity index (χ3v) is 6.88. The third-order valence-electron chi connectivity index (χ3n) is 3.21. The van der Waals surface area contributed by atoms with Crippen molar-refractivity contribution in [1.82, 2.24) is 4.31 Å². The molecule has 5 nitrogen and oxygen atoms in total. The number of terminal acetylenes is 1. The Morgan fingerprint density at radius 1 is 1.30 bits per heavy atom. The summed E-state index contributed by atoms with van der Waals surface area (Å²) in [5.41, 5.74) is 0. The van der Waals surface area contributed by atoms with Crippen LogP contribution in [-0.4, -0.2) is 45.2 Å². The van der Waals surface area contributed by atoms with Crippen LogP contribution in [0.2, 0.25) is 0 Å². The summed E-state index contributed by atoms with van der Waals surface area (Å²) in [7, 11) is -6.95. The molecule has 2 rings (SSSR count). The van der Waals surface area contributed by atoms with E-state index in [1.54, 1.807) is 18.2 Å². The van der Waals surface area contributed by atoms with E-state index in [9.17, 15) is 16.8 Å². The van der Waals surface area contributed by atoms with Crippen molar-refractivity contribution in [1.29, 1.82) is 0 Å². The van der Waals surface area contributed by atoms with E-state index in [1.165, 1.54) is 12.1 Å². The first kappa shape index (κ1) is 15.0. The minimum atomic E-state index is -3.77. The number of sulfonamides is 1. The molecule has 1 heterocycles. The zero-order valence-electron chi connectivity index (χ0n) is 10.8. The van der Waals surface area contributed by atoms with Crippen LogP contribution in [0.15, 0.2) is 35.2 Å². The van der Waals surface area contributed by atoms with Gasteiger partial charge in [0.15, 0.2) is 9.84 Å². The normalized spacial score (nSPS) is 21.7. The number of benzene rings is 1. The van der Waals surface area contributed by atoms with Gasteiger partial charge in [-0.05, 0) is 18.6 Å². The van der Waals surface area contributed by atoms with Crippen LogP contribution in [0.5, 0.6) is 0 Å². The van der Waals surface area contributed by atoms with Gasteiger partial charge in [-0.3, -0.25) is 0 Å². The van der Waals surface area contributed by atoms with Crippen LogP contribution in [0.25, 0.3) is 0 Å². The van der Waals surface area contributed by atoms with Crippen molar-refractivity contribution in [2.24, 2.45) is 0 Å². The molecule has 1 aromatic rings. The molecule has 1 fully saturated rings. The smallest absolute Gasteiger partial charge is 0.229 e. The van der Waals surface area contributed by atoms with Gasteiger partial charge in [0.25, 0.3) is 0 Å². The average molecular weight is 313 g/mol. The van der Waals surface area contributed by atoms with E-state index in [-0.39, 0.29) is 29.4 Å². The summed E-state index contributed by atoms with van der Waals surface area (Å²) < 4.78 is 49.3. The molecule has 0 bridgehead atoms. The van der Waals surface area contributed by atoms with Crippen molar-refractivity contribution in [3.63, 3.8) is 0 Å². The van der Waals surface area contributed by atoms with Gasteiger partial charge in [0.1, 0.15) is 0 Å². The lowest BCUT2D eigenvalue weighted by Crippen LogP contribution is -2.41. The molecule has 1 unspecified atom stereocenters. The Morgan fingerprint density at radius 2 is 1.95 bits per heavy atom. The highest BCUT2D eigenvalue weighted by atomic mass is 32.2. The van der Waals surface area contributed by atoms with E-state index in [0.717, 1.165) is 4.31 Å². The highest BCUT2D eigenvalue weighted by Crippen LogP contribution is 2.24. The van der Waals surface area contributed by atoms with Crippen molar-refractivity contribution in [3.8, 4) is 12.3 Å². The molecule has 1 aliphatic rings. The fourth-order valence-corrected chi connectivity index (χ4v) is 5.64. The van der Waals surface area contributed by atoms with Crippen LogP contribution in [-0.2, 0) is 19.9 Å². The fraction of sp³-hybridized carbons (Fsp3) is 0.385. The lowest BCUT2D eigenvalue weighted by Gasteiger charge is -2.25. The van der Waals surface area contributed by atoms with Gasteiger partial charge in [-0.15, -0.1) is 6.42 Å². The maximum Gasteiger partial charge on any atom is 0.244 e. The topological polar surface area (TPSA) is 71.5 Å². The van der Waals surface area contributed by atoms with Crippen LogP contribution in [0, 0.1) is 12.3 Å². The molecular weight excluding hydrogens is 298 g/mol. The molecular formula is C13H15NO4S2. The molecule has 1 atom stereocenters. The van der Waals surface area contributed by atoms with E-state index in [1.807, 2.05) is 0 Å². The van der Waals surface area contributed by atoms with Crippen molar-refractivity contribution >= 4 is 19.9 Å². The summed E-state index contributed by atoms with van der Waals surface area (Å²) in [5.74, 6) is 2.14. The molecule has 1 aromatic carbocycles. The molecule has 0 radical (unpaired) electrons. The average Bonchev–Trinajstić information content (AvgIpc) is 2.77. The quantitative estimate of drug-likeness (QED) is 0.759. The maximum absolute atomic E-state index is 12.6. The van der Waals surface area contributed by atoms with Crippen LogP contribution >= 0.6 is 0 Å². The largest absolute Gasteiger partial charge is 0.244 e. The number of sulfone groups is 1. The predicted octanol–water partition coefficient (Wildman–Crippen LogP) is 0.498. The zero-order valence-corrected chi connectivity index (χ0v) is 12.4. The highest BCUT2D eigenvalue weighted by molar-refractivity contribution is 7.92. The van der Waals surface area contributed by atoms with Gasteiger partial charge in [0.05, 0.1) is 22.9 Å². The summed E-state index contributed by atoms with van der Waals surface area (Å²) >= 11 is 0. The van der Waals surface area contributed by atoms with Crippen molar-refractivity contribution in [3.05, 3.63) is 30.3 Å². The minimum Gasteiger partial charge on any atom is -0.229 e. The van der Waals surface area contributed by atoms with Crippen molar-refractivity contribution in [2.75, 3.05) is 18.1 Å². The van der Waals surface area contributed by atoms with Crippen molar-refractivity contribution < 1.29 is 16.8 Å². The first-order valence-electron chi connectivity index (χ1n) is 6.07. The van der Waals surface area contributed by atoms with Gasteiger partial charge in [0, 0.05) is 6.04 Å². The molecule has 7 heteroatoms. The van der Waals surface area contributed by atoms with Gasteiger partial charge >= 0.3 is 0 Å². The maximum atomic E-state index is 12.6. The standard InChI is InChI=1S/C13H15NO4S2/c1-2-9-14(12-8-10-19(15,16)11-12)20(17,18)13-6-4-3-5-7-13/h1,3-7,12H,8-11H2. The van der Waals surface area contributed by atoms with Crippen LogP contribution < -0.4 is 0 Å². The Hall–Kier alpha value is -1.36. The number of hydrogen-bond donors (Lipinski definition) is 0. The van der Waals surface area contributed by atoms with Gasteiger partial charge in [-0.25, -0.2) is 16.8 Å². The minimum absolute atomic E-state index is 0.00302. The Morgan fingerprint density at radius 3 is 2.45 bits per heavy atom. The second-order valence-corrected chi connectivity index (χ2v) is 8.74. The second-order valence-electron chi connectivity index (χ2n) is 4.62. The van der Waals surface area contributed by atoms with E-state index >= 15 is 0 Å². The van der Waals surface area contributed by atoms with Gasteiger partial charge in [-0.2, -0.15) is 4.31 Å². The zero-order chi connectivity index (χ0) is 14.8. The molecule has 0 amide bonds. The van der Waals surface area contributed by atoms with Crippen LogP contribution in [0.3, 0.4) is 0 Å². The summed E-state index contributed by atoms with van der Waals surface area (Å²) in [6.07, 6.45) is 5.52. The molecule has 0 aliphatic carbocycles.